The molecule has 12 heteroatoms. The minimum Gasteiger partial charge on any atom is -0.480 e. The number of ketones is 1. The van der Waals surface area contributed by atoms with Crippen LogP contribution < -0.4 is 16.8 Å². The second-order valence-corrected chi connectivity index (χ2v) is 11.0. The van der Waals surface area contributed by atoms with Gasteiger partial charge in [-0.1, -0.05) is 48.5 Å². The molecule has 0 bridgehead atoms. The van der Waals surface area contributed by atoms with Gasteiger partial charge in [-0.25, -0.2) is 4.79 Å². The van der Waals surface area contributed by atoms with Crippen molar-refractivity contribution in [3.63, 3.8) is 0 Å². The van der Waals surface area contributed by atoms with E-state index in [1.807, 2.05) is 0 Å². The number of aliphatic carboxylic acids is 1. The fraction of sp³-hybridized carbons (Fsp3) is 0.769. The van der Waals surface area contributed by atoms with E-state index in [1.54, 1.807) is 48.5 Å². The smallest absolute Gasteiger partial charge is 0.326 e. The van der Waals surface area contributed by atoms with Crippen LogP contribution in [0, 0.1) is 17.8 Å². The molecule has 1 rings (SSSR count). The van der Waals surface area contributed by atoms with Crippen LogP contribution in [0.15, 0.2) is 0 Å². The predicted octanol–water partition coefficient (Wildman–Crippen LogP) is 0.262. The molecule has 1 aliphatic rings. The van der Waals surface area contributed by atoms with E-state index in [0.717, 1.165) is 0 Å². The summed E-state index contributed by atoms with van der Waals surface area (Å²) >= 11 is 0. The number of amides is 4. The second kappa shape index (κ2) is 14.3. The third kappa shape index (κ3) is 7.83. The number of imide groups is 1. The van der Waals surface area contributed by atoms with Crippen LogP contribution in [0.25, 0.3) is 0 Å². The summed E-state index contributed by atoms with van der Waals surface area (Å²) in [6.07, 6.45) is 0.824. The molecular formula is C26H45N5O7. The number of carboxylic acids is 1. The van der Waals surface area contributed by atoms with Gasteiger partial charge in [-0.05, 0) is 37.0 Å². The lowest BCUT2D eigenvalue weighted by molar-refractivity contribution is -0.161. The lowest BCUT2D eigenvalue weighted by Crippen LogP contribution is -2.66. The predicted molar refractivity (Wildman–Crippen MR) is 140 cm³/mol. The van der Waals surface area contributed by atoms with E-state index in [0.29, 0.717) is 17.7 Å². The van der Waals surface area contributed by atoms with E-state index in [-0.39, 0.29) is 25.3 Å². The van der Waals surface area contributed by atoms with Crippen LogP contribution in [0.5, 0.6) is 0 Å². The van der Waals surface area contributed by atoms with Gasteiger partial charge in [0.2, 0.25) is 17.6 Å². The number of nitrogens with one attached hydrogen (secondary N) is 1. The van der Waals surface area contributed by atoms with Gasteiger partial charge in [0, 0.05) is 19.0 Å². The van der Waals surface area contributed by atoms with Crippen molar-refractivity contribution in [2.45, 2.75) is 104 Å². The number of hydrogen-bond acceptors (Lipinski definition) is 8. The standard InChI is InChI=1S/C26H45N5O7/c1-8-10-17(32)24(35)31(23(34)16-11-9-12-30(16)25(36)19(28)14(4)5)21(18(27)13(2)3)22(33)29-20(15(6)7)26(37)38/h13-16,18-21H,8-12,27-28H2,1-7H3,(H,29,33)(H,37,38)/t16-,18?,19-,20-,21+/m0/s1. The van der Waals surface area contributed by atoms with Gasteiger partial charge in [-0.2, -0.15) is 0 Å². The van der Waals surface area contributed by atoms with Crippen molar-refractivity contribution in [1.82, 2.24) is 15.1 Å². The first kappa shape index (κ1) is 33.2. The Bertz CT molecular complexity index is 904. The normalized spacial score (nSPS) is 18.7. The second-order valence-electron chi connectivity index (χ2n) is 11.0. The third-order valence-electron chi connectivity index (χ3n) is 6.91. The topological polar surface area (TPSA) is 193 Å². The number of nitrogens with zero attached hydrogens (tertiary/aromatic N) is 2. The maximum atomic E-state index is 14.0. The monoisotopic (exact) mass is 539 g/mol. The molecule has 216 valence electrons. The number of likely N-dealkylation sites (tertiary alicyclic amines) is 1. The number of nitrogens with two attached hydrogens (primary N) is 2. The van der Waals surface area contributed by atoms with E-state index in [1.165, 1.54) is 4.90 Å². The molecular weight excluding hydrogens is 494 g/mol. The average molecular weight is 540 g/mol. The molecule has 12 nitrogen and oxygen atoms in total. The van der Waals surface area contributed by atoms with Gasteiger partial charge in [0.05, 0.1) is 6.04 Å². The first-order valence-corrected chi connectivity index (χ1v) is 13.3. The molecule has 1 fully saturated rings. The van der Waals surface area contributed by atoms with E-state index in [9.17, 15) is 33.9 Å². The molecule has 5 atom stereocenters. The number of carboxylic acid groups (broad SMARTS) is 1. The van der Waals surface area contributed by atoms with E-state index in [4.69, 9.17) is 11.5 Å². The first-order chi connectivity index (χ1) is 17.6. The number of carbonyl (C=O) groups excluding carboxylic acids is 5. The lowest BCUT2D eigenvalue weighted by Gasteiger charge is -2.38. The maximum absolute atomic E-state index is 14.0. The summed E-state index contributed by atoms with van der Waals surface area (Å²) < 4.78 is 0. The Balaban J connectivity index is 3.64. The summed E-state index contributed by atoms with van der Waals surface area (Å²) in [4.78, 5) is 80.5. The average Bonchev–Trinajstić information content (AvgIpc) is 3.33. The Hall–Kier alpha value is -2.86. The van der Waals surface area contributed by atoms with E-state index >= 15 is 0 Å². The SMILES string of the molecule is CCCC(=O)C(=O)N(C(=O)[C@@H]1CCCN1C(=O)[C@@H](N)C(C)C)[C@@H](C(=O)N[C@H](C(=O)O)C(C)C)C(N)C(C)C. The molecule has 6 N–H and O–H groups in total. The van der Waals surface area contributed by atoms with Crippen molar-refractivity contribution in [3.05, 3.63) is 0 Å². The van der Waals surface area contributed by atoms with Gasteiger partial charge in [0.25, 0.3) is 11.8 Å². The molecule has 0 spiro atoms. The summed E-state index contributed by atoms with van der Waals surface area (Å²) in [6.45, 7) is 12.0. The van der Waals surface area contributed by atoms with Crippen LogP contribution in [-0.4, -0.2) is 87.0 Å². The summed E-state index contributed by atoms with van der Waals surface area (Å²) in [5.74, 6) is -6.90. The third-order valence-corrected chi connectivity index (χ3v) is 6.91. The molecule has 1 saturated heterocycles. The van der Waals surface area contributed by atoms with Gasteiger partial charge in [0.15, 0.2) is 0 Å². The molecule has 0 aromatic heterocycles. The van der Waals surface area contributed by atoms with Crippen molar-refractivity contribution in [2.24, 2.45) is 29.2 Å². The summed E-state index contributed by atoms with van der Waals surface area (Å²) in [6, 6.07) is -6.12. The highest BCUT2D eigenvalue weighted by Crippen LogP contribution is 2.25. The van der Waals surface area contributed by atoms with Crippen LogP contribution in [0.2, 0.25) is 0 Å². The quantitative estimate of drug-likeness (QED) is 0.238. The van der Waals surface area contributed by atoms with Crippen LogP contribution >= 0.6 is 0 Å². The van der Waals surface area contributed by atoms with Gasteiger partial charge >= 0.3 is 5.97 Å². The zero-order valence-electron chi connectivity index (χ0n) is 23.6. The number of rotatable bonds is 13. The van der Waals surface area contributed by atoms with Gasteiger partial charge in [0.1, 0.15) is 18.1 Å². The molecule has 0 radical (unpaired) electrons. The minimum atomic E-state index is -1.67. The van der Waals surface area contributed by atoms with E-state index < -0.39 is 77.4 Å². The molecule has 1 heterocycles. The van der Waals surface area contributed by atoms with Crippen molar-refractivity contribution in [2.75, 3.05) is 6.54 Å². The molecule has 0 saturated carbocycles. The number of Topliss-reactive ketones (excluding diaryl/α,β-unsaturated/α-hetero) is 1. The highest BCUT2D eigenvalue weighted by Gasteiger charge is 2.48. The summed E-state index contributed by atoms with van der Waals surface area (Å²) in [5, 5.41) is 12.0. The Labute approximate surface area is 224 Å². The van der Waals surface area contributed by atoms with Crippen molar-refractivity contribution < 1.29 is 33.9 Å². The summed E-state index contributed by atoms with van der Waals surface area (Å²) in [5.41, 5.74) is 12.4. The molecule has 1 aliphatic heterocycles. The Morgan fingerprint density at radius 2 is 1.55 bits per heavy atom. The number of carbonyl (C=O) groups is 6. The number of hydrogen-bond donors (Lipinski definition) is 4. The maximum Gasteiger partial charge on any atom is 0.326 e. The zero-order valence-corrected chi connectivity index (χ0v) is 23.6. The first-order valence-electron chi connectivity index (χ1n) is 13.3. The Morgan fingerprint density at radius 1 is 0.974 bits per heavy atom. The molecule has 1 unspecified atom stereocenters. The van der Waals surface area contributed by atoms with Crippen molar-refractivity contribution in [1.29, 1.82) is 0 Å². The lowest BCUT2D eigenvalue weighted by atomic mass is 9.93. The van der Waals surface area contributed by atoms with E-state index in [2.05, 4.69) is 5.32 Å². The fourth-order valence-corrected chi connectivity index (χ4v) is 4.34. The van der Waals surface area contributed by atoms with Crippen LogP contribution in [0.1, 0.15) is 74.1 Å². The van der Waals surface area contributed by atoms with Crippen molar-refractivity contribution >= 4 is 35.4 Å². The highest BCUT2D eigenvalue weighted by atomic mass is 16.4. The zero-order chi connectivity index (χ0) is 29.5. The minimum absolute atomic E-state index is 0.164. The molecule has 4 amide bonds. The molecule has 38 heavy (non-hydrogen) atoms. The molecule has 0 aromatic rings. The Kier molecular flexibility index (Phi) is 12.5. The fourth-order valence-electron chi connectivity index (χ4n) is 4.34. The van der Waals surface area contributed by atoms with Crippen LogP contribution in [-0.2, 0) is 28.8 Å². The van der Waals surface area contributed by atoms with Crippen LogP contribution in [0.3, 0.4) is 0 Å². The van der Waals surface area contributed by atoms with Gasteiger partial charge in [-0.15, -0.1) is 0 Å². The largest absolute Gasteiger partial charge is 0.480 e. The molecule has 0 aromatic carbocycles. The van der Waals surface area contributed by atoms with Crippen LogP contribution in [0.4, 0.5) is 0 Å². The summed E-state index contributed by atoms with van der Waals surface area (Å²) in [7, 11) is 0. The Morgan fingerprint density at radius 3 is 2.00 bits per heavy atom. The van der Waals surface area contributed by atoms with Gasteiger partial charge in [-0.3, -0.25) is 28.9 Å². The highest BCUT2D eigenvalue weighted by molar-refractivity contribution is 6.39. The molecule has 0 aliphatic carbocycles. The van der Waals surface area contributed by atoms with Crippen molar-refractivity contribution in [3.8, 4) is 0 Å². The van der Waals surface area contributed by atoms with Gasteiger partial charge < -0.3 is 26.8 Å².